The largest absolute Gasteiger partial charge is 0.508 e. The Kier molecular flexibility index (Phi) is 3.14. The summed E-state index contributed by atoms with van der Waals surface area (Å²) in [6.07, 6.45) is 0. The summed E-state index contributed by atoms with van der Waals surface area (Å²) in [7, 11) is 3.48. The molecule has 0 aliphatic carbocycles. The fourth-order valence-electron chi connectivity index (χ4n) is 0.912. The highest BCUT2D eigenvalue weighted by Crippen LogP contribution is 2.13. The third-order valence-corrected chi connectivity index (χ3v) is 1.59. The Morgan fingerprint density at radius 3 is 2.38 bits per heavy atom. The first-order valence-corrected chi connectivity index (χ1v) is 3.97. The lowest BCUT2D eigenvalue weighted by Gasteiger charge is -2.07. The normalized spacial score (nSPS) is 11.1. The van der Waals surface area contributed by atoms with E-state index >= 15 is 0 Å². The van der Waals surface area contributed by atoms with E-state index in [4.69, 9.17) is 5.11 Å². The molecule has 0 aromatic heterocycles. The molecule has 0 saturated heterocycles. The third-order valence-electron chi connectivity index (χ3n) is 1.59. The quantitative estimate of drug-likeness (QED) is 0.342. The van der Waals surface area contributed by atoms with Gasteiger partial charge in [-0.15, -0.1) is 0 Å². The van der Waals surface area contributed by atoms with Crippen LogP contribution >= 0.6 is 0 Å². The predicted molar refractivity (Wildman–Crippen MR) is 54.1 cm³/mol. The molecule has 0 unspecified atom stereocenters. The second-order valence-electron chi connectivity index (χ2n) is 2.49. The second-order valence-corrected chi connectivity index (χ2v) is 2.49. The van der Waals surface area contributed by atoms with E-state index in [1.54, 1.807) is 38.4 Å². The number of guanidine groups is 1. The van der Waals surface area contributed by atoms with E-state index in [-0.39, 0.29) is 5.75 Å². The zero-order chi connectivity index (χ0) is 9.68. The molecule has 1 aromatic carbocycles. The van der Waals surface area contributed by atoms with Crippen molar-refractivity contribution in [2.75, 3.05) is 19.4 Å². The molecule has 0 bridgehead atoms. The Morgan fingerprint density at radius 2 is 1.92 bits per heavy atom. The van der Waals surface area contributed by atoms with Crippen molar-refractivity contribution >= 4 is 11.6 Å². The number of rotatable bonds is 1. The highest BCUT2D eigenvalue weighted by atomic mass is 16.3. The number of phenolic OH excluding ortho intramolecular Hbond substituents is 1. The summed E-state index contributed by atoms with van der Waals surface area (Å²) < 4.78 is 0. The van der Waals surface area contributed by atoms with Gasteiger partial charge in [0.15, 0.2) is 5.96 Å². The van der Waals surface area contributed by atoms with Crippen molar-refractivity contribution in [3.05, 3.63) is 24.3 Å². The summed E-state index contributed by atoms with van der Waals surface area (Å²) in [5, 5.41) is 15.0. The highest BCUT2D eigenvalue weighted by molar-refractivity contribution is 5.93. The molecule has 0 aliphatic rings. The molecule has 1 rings (SSSR count). The number of anilines is 1. The molecule has 3 N–H and O–H groups in total. The van der Waals surface area contributed by atoms with Gasteiger partial charge in [0.1, 0.15) is 5.75 Å². The van der Waals surface area contributed by atoms with Crippen molar-refractivity contribution in [1.82, 2.24) is 5.32 Å². The van der Waals surface area contributed by atoms with Gasteiger partial charge in [-0.05, 0) is 24.3 Å². The fourth-order valence-corrected chi connectivity index (χ4v) is 0.912. The van der Waals surface area contributed by atoms with Crippen LogP contribution in [-0.4, -0.2) is 25.2 Å². The lowest BCUT2D eigenvalue weighted by molar-refractivity contribution is 0.475. The van der Waals surface area contributed by atoms with Crippen LogP contribution in [0.3, 0.4) is 0 Å². The number of benzene rings is 1. The van der Waals surface area contributed by atoms with E-state index in [1.165, 1.54) is 0 Å². The van der Waals surface area contributed by atoms with E-state index in [9.17, 15) is 0 Å². The summed E-state index contributed by atoms with van der Waals surface area (Å²) >= 11 is 0. The summed E-state index contributed by atoms with van der Waals surface area (Å²) in [4.78, 5) is 3.96. The average Bonchev–Trinajstić information content (AvgIpc) is 2.17. The predicted octanol–water partition coefficient (Wildman–Crippen LogP) is 1.01. The second kappa shape index (κ2) is 4.35. The summed E-state index contributed by atoms with van der Waals surface area (Å²) in [5.41, 5.74) is 0.882. The van der Waals surface area contributed by atoms with Gasteiger partial charge >= 0.3 is 0 Å². The standard InChI is InChI=1S/C9H13N3O/c1-10-9(11-2)12-7-3-5-8(13)6-4-7/h3-6,13H,1-2H3,(H2,10,11,12). The molecular weight excluding hydrogens is 166 g/mol. The Morgan fingerprint density at radius 1 is 1.31 bits per heavy atom. The van der Waals surface area contributed by atoms with Crippen molar-refractivity contribution in [1.29, 1.82) is 0 Å². The van der Waals surface area contributed by atoms with Crippen LogP contribution in [0.15, 0.2) is 29.3 Å². The van der Waals surface area contributed by atoms with Crippen LogP contribution in [0.4, 0.5) is 5.69 Å². The molecule has 0 atom stereocenters. The first-order valence-electron chi connectivity index (χ1n) is 3.97. The molecule has 0 spiro atoms. The van der Waals surface area contributed by atoms with Crippen molar-refractivity contribution in [3.8, 4) is 5.75 Å². The Bertz CT molecular complexity index is 292. The first-order chi connectivity index (χ1) is 6.26. The molecule has 70 valence electrons. The molecule has 0 aliphatic heterocycles. The maximum absolute atomic E-state index is 9.03. The number of phenols is 1. The number of hydrogen-bond donors (Lipinski definition) is 3. The minimum Gasteiger partial charge on any atom is -0.508 e. The van der Waals surface area contributed by atoms with Crippen molar-refractivity contribution < 1.29 is 5.11 Å². The Labute approximate surface area is 77.3 Å². The zero-order valence-corrected chi connectivity index (χ0v) is 7.70. The molecule has 0 radical (unpaired) electrons. The van der Waals surface area contributed by atoms with Crippen LogP contribution in [0, 0.1) is 0 Å². The minimum atomic E-state index is 0.255. The molecule has 1 aromatic rings. The lowest BCUT2D eigenvalue weighted by Crippen LogP contribution is -2.26. The van der Waals surface area contributed by atoms with Crippen molar-refractivity contribution in [3.63, 3.8) is 0 Å². The Hall–Kier alpha value is -1.71. The van der Waals surface area contributed by atoms with Gasteiger partial charge in [-0.1, -0.05) is 0 Å². The van der Waals surface area contributed by atoms with Crippen LogP contribution < -0.4 is 10.6 Å². The fraction of sp³-hybridized carbons (Fsp3) is 0.222. The number of nitrogens with zero attached hydrogens (tertiary/aromatic N) is 1. The van der Waals surface area contributed by atoms with Crippen molar-refractivity contribution in [2.45, 2.75) is 0 Å². The van der Waals surface area contributed by atoms with Crippen LogP contribution in [0.1, 0.15) is 0 Å². The van der Waals surface area contributed by atoms with Gasteiger partial charge in [0, 0.05) is 19.8 Å². The maximum Gasteiger partial charge on any atom is 0.195 e. The first kappa shape index (κ1) is 9.38. The van der Waals surface area contributed by atoms with Crippen LogP contribution in [0.2, 0.25) is 0 Å². The lowest BCUT2D eigenvalue weighted by atomic mass is 10.3. The van der Waals surface area contributed by atoms with Gasteiger partial charge in [0.25, 0.3) is 0 Å². The molecule has 0 saturated carbocycles. The van der Waals surface area contributed by atoms with Crippen LogP contribution in [0.5, 0.6) is 5.75 Å². The molecule has 0 heterocycles. The third kappa shape index (κ3) is 2.66. The summed E-state index contributed by atoms with van der Waals surface area (Å²) in [6, 6.07) is 6.78. The number of hydrogen-bond acceptors (Lipinski definition) is 2. The van der Waals surface area contributed by atoms with E-state index in [1.807, 2.05) is 0 Å². The maximum atomic E-state index is 9.03. The van der Waals surface area contributed by atoms with Crippen LogP contribution in [0.25, 0.3) is 0 Å². The van der Waals surface area contributed by atoms with Gasteiger partial charge < -0.3 is 15.7 Å². The van der Waals surface area contributed by atoms with Gasteiger partial charge in [-0.2, -0.15) is 0 Å². The average molecular weight is 179 g/mol. The van der Waals surface area contributed by atoms with Gasteiger partial charge in [0.05, 0.1) is 0 Å². The molecule has 4 nitrogen and oxygen atoms in total. The van der Waals surface area contributed by atoms with E-state index < -0.39 is 0 Å². The number of nitrogens with one attached hydrogen (secondary N) is 2. The SMILES string of the molecule is CN=C(NC)Nc1ccc(O)cc1. The number of aliphatic imine (C=N–C) groups is 1. The highest BCUT2D eigenvalue weighted by Gasteiger charge is 1.95. The molecular formula is C9H13N3O. The smallest absolute Gasteiger partial charge is 0.195 e. The topological polar surface area (TPSA) is 56.7 Å². The van der Waals surface area contributed by atoms with Gasteiger partial charge in [-0.25, -0.2) is 0 Å². The number of aromatic hydroxyl groups is 1. The Balaban J connectivity index is 2.69. The van der Waals surface area contributed by atoms with E-state index in [0.29, 0.717) is 5.96 Å². The summed E-state index contributed by atoms with van der Waals surface area (Å²) in [6.45, 7) is 0. The molecule has 13 heavy (non-hydrogen) atoms. The zero-order valence-electron chi connectivity index (χ0n) is 7.70. The van der Waals surface area contributed by atoms with Gasteiger partial charge in [0.2, 0.25) is 0 Å². The monoisotopic (exact) mass is 179 g/mol. The summed E-state index contributed by atoms with van der Waals surface area (Å²) in [5.74, 6) is 0.940. The van der Waals surface area contributed by atoms with E-state index in [0.717, 1.165) is 5.69 Å². The van der Waals surface area contributed by atoms with E-state index in [2.05, 4.69) is 15.6 Å². The molecule has 4 heteroatoms. The van der Waals surface area contributed by atoms with Gasteiger partial charge in [-0.3, -0.25) is 4.99 Å². The van der Waals surface area contributed by atoms with Crippen molar-refractivity contribution in [2.24, 2.45) is 4.99 Å². The minimum absolute atomic E-state index is 0.255. The molecule has 0 amide bonds. The van der Waals surface area contributed by atoms with Crippen LogP contribution in [-0.2, 0) is 0 Å². The molecule has 0 fully saturated rings.